The molecule has 4 heteroatoms. The van der Waals surface area contributed by atoms with Crippen molar-refractivity contribution in [3.05, 3.63) is 0 Å². The Labute approximate surface area is 87.4 Å². The van der Waals surface area contributed by atoms with Gasteiger partial charge < -0.3 is 0 Å². The Balaban J connectivity index is 2.67. The van der Waals surface area contributed by atoms with Crippen molar-refractivity contribution in [3.63, 3.8) is 0 Å². The summed E-state index contributed by atoms with van der Waals surface area (Å²) in [6.07, 6.45) is 1.09. The van der Waals surface area contributed by atoms with Crippen LogP contribution in [0, 0.1) is 5.92 Å². The molecular weight excluding hydrogens is 198 g/mol. The van der Waals surface area contributed by atoms with Gasteiger partial charge in [-0.2, -0.15) is 0 Å². The van der Waals surface area contributed by atoms with Crippen LogP contribution in [0.1, 0.15) is 27.2 Å². The Morgan fingerprint density at radius 1 is 1.50 bits per heavy atom. The topological polar surface area (TPSA) is 37.4 Å². The van der Waals surface area contributed by atoms with Crippen LogP contribution in [0.5, 0.6) is 0 Å². The molecule has 1 rings (SSSR count). The molecule has 0 aromatic rings. The normalized spacial score (nSPS) is 30.9. The van der Waals surface area contributed by atoms with E-state index in [9.17, 15) is 8.42 Å². The second kappa shape index (κ2) is 4.62. The highest BCUT2D eigenvalue weighted by atomic mass is 32.2. The van der Waals surface area contributed by atoms with Gasteiger partial charge in [-0.1, -0.05) is 13.8 Å². The van der Waals surface area contributed by atoms with E-state index in [4.69, 9.17) is 0 Å². The summed E-state index contributed by atoms with van der Waals surface area (Å²) in [5, 5.41) is 0. The lowest BCUT2D eigenvalue weighted by atomic mass is 10.1. The third kappa shape index (κ3) is 3.24. The van der Waals surface area contributed by atoms with E-state index in [-0.39, 0.29) is 5.92 Å². The summed E-state index contributed by atoms with van der Waals surface area (Å²) in [5.41, 5.74) is 0. The second-order valence-corrected chi connectivity index (χ2v) is 6.70. The molecule has 0 aromatic heterocycles. The Morgan fingerprint density at radius 2 is 2.14 bits per heavy atom. The zero-order valence-electron chi connectivity index (χ0n) is 9.36. The van der Waals surface area contributed by atoms with E-state index in [1.807, 2.05) is 6.92 Å². The average molecular weight is 219 g/mol. The van der Waals surface area contributed by atoms with Crippen molar-refractivity contribution < 1.29 is 8.42 Å². The van der Waals surface area contributed by atoms with E-state index in [2.05, 4.69) is 18.7 Å². The van der Waals surface area contributed by atoms with Crippen molar-refractivity contribution >= 4 is 9.84 Å². The summed E-state index contributed by atoms with van der Waals surface area (Å²) in [7, 11) is -2.78. The Kier molecular flexibility index (Phi) is 3.95. The lowest BCUT2D eigenvalue weighted by Crippen LogP contribution is -2.36. The van der Waals surface area contributed by atoms with Crippen molar-refractivity contribution in [2.24, 2.45) is 5.92 Å². The lowest BCUT2D eigenvalue weighted by Gasteiger charge is -2.27. The molecule has 0 bridgehead atoms. The van der Waals surface area contributed by atoms with E-state index < -0.39 is 9.84 Å². The maximum Gasteiger partial charge on any atom is 0.151 e. The fraction of sp³-hybridized carbons (Fsp3) is 1.00. The smallest absolute Gasteiger partial charge is 0.151 e. The van der Waals surface area contributed by atoms with Gasteiger partial charge >= 0.3 is 0 Å². The number of hydrogen-bond donors (Lipinski definition) is 0. The van der Waals surface area contributed by atoms with E-state index >= 15 is 0 Å². The molecule has 0 N–H and O–H groups in total. The minimum Gasteiger partial charge on any atom is -0.299 e. The van der Waals surface area contributed by atoms with Crippen molar-refractivity contribution in [2.75, 3.05) is 24.6 Å². The zero-order chi connectivity index (χ0) is 10.8. The predicted molar refractivity (Wildman–Crippen MR) is 59.1 cm³/mol. The zero-order valence-corrected chi connectivity index (χ0v) is 10.2. The molecule has 1 aliphatic heterocycles. The van der Waals surface area contributed by atoms with E-state index in [1.54, 1.807) is 0 Å². The maximum atomic E-state index is 11.5. The molecular formula is C10H21NO2S. The fourth-order valence-corrected chi connectivity index (χ4v) is 3.63. The van der Waals surface area contributed by atoms with Crippen LogP contribution in [0.4, 0.5) is 0 Å². The van der Waals surface area contributed by atoms with Gasteiger partial charge in [0.1, 0.15) is 0 Å². The van der Waals surface area contributed by atoms with Gasteiger partial charge in [-0.25, -0.2) is 8.42 Å². The first-order valence-electron chi connectivity index (χ1n) is 5.39. The molecule has 3 nitrogen and oxygen atoms in total. The van der Waals surface area contributed by atoms with Crippen LogP contribution in [0.15, 0.2) is 0 Å². The Bertz CT molecular complexity index is 274. The number of nitrogens with zero attached hydrogens (tertiary/aromatic N) is 1. The van der Waals surface area contributed by atoms with Crippen LogP contribution >= 0.6 is 0 Å². The second-order valence-electron chi connectivity index (χ2n) is 4.47. The first-order chi connectivity index (χ1) is 6.44. The van der Waals surface area contributed by atoms with Crippen molar-refractivity contribution in [1.29, 1.82) is 0 Å². The molecule has 2 atom stereocenters. The summed E-state index contributed by atoms with van der Waals surface area (Å²) < 4.78 is 23.0. The molecule has 0 saturated carbocycles. The van der Waals surface area contributed by atoms with Gasteiger partial charge in [-0.15, -0.1) is 0 Å². The predicted octanol–water partition coefficient (Wildman–Crippen LogP) is 1.15. The Morgan fingerprint density at radius 3 is 2.71 bits per heavy atom. The molecule has 84 valence electrons. The molecule has 1 fully saturated rings. The fourth-order valence-electron chi connectivity index (χ4n) is 1.98. The van der Waals surface area contributed by atoms with Crippen LogP contribution < -0.4 is 0 Å². The highest BCUT2D eigenvalue weighted by molar-refractivity contribution is 7.91. The van der Waals surface area contributed by atoms with Crippen LogP contribution in [-0.2, 0) is 9.84 Å². The minimum absolute atomic E-state index is 0.275. The molecule has 0 amide bonds. The molecule has 0 aliphatic carbocycles. The lowest BCUT2D eigenvalue weighted by molar-refractivity contribution is 0.198. The SMILES string of the molecule is CC[C@H](C)N1CCS(=O)(=O)C[C@H](C)C1. The molecule has 0 radical (unpaired) electrons. The third-order valence-corrected chi connectivity index (χ3v) is 4.87. The molecule has 0 aromatic carbocycles. The molecule has 14 heavy (non-hydrogen) atoms. The van der Waals surface area contributed by atoms with Gasteiger partial charge in [0.05, 0.1) is 11.5 Å². The van der Waals surface area contributed by atoms with Gasteiger partial charge in [0.15, 0.2) is 9.84 Å². The third-order valence-electron chi connectivity index (χ3n) is 2.99. The highest BCUT2D eigenvalue weighted by Crippen LogP contribution is 2.14. The largest absolute Gasteiger partial charge is 0.299 e. The molecule has 0 spiro atoms. The molecule has 0 unspecified atom stereocenters. The highest BCUT2D eigenvalue weighted by Gasteiger charge is 2.25. The van der Waals surface area contributed by atoms with Crippen LogP contribution in [0.25, 0.3) is 0 Å². The summed E-state index contributed by atoms with van der Waals surface area (Å²) in [5.74, 6) is 0.971. The average Bonchev–Trinajstić information content (AvgIpc) is 2.22. The maximum absolute atomic E-state index is 11.5. The number of hydrogen-bond acceptors (Lipinski definition) is 3. The van der Waals surface area contributed by atoms with E-state index in [0.29, 0.717) is 24.1 Å². The van der Waals surface area contributed by atoms with Crippen molar-refractivity contribution in [1.82, 2.24) is 4.90 Å². The number of sulfone groups is 1. The monoisotopic (exact) mass is 219 g/mol. The molecule has 1 aliphatic rings. The van der Waals surface area contributed by atoms with Gasteiger partial charge in [0.2, 0.25) is 0 Å². The molecule has 1 saturated heterocycles. The minimum atomic E-state index is -2.78. The van der Waals surface area contributed by atoms with E-state index in [1.165, 1.54) is 0 Å². The first kappa shape index (κ1) is 12.0. The van der Waals surface area contributed by atoms with Crippen molar-refractivity contribution in [3.8, 4) is 0 Å². The summed E-state index contributed by atoms with van der Waals surface area (Å²) in [4.78, 5) is 2.30. The van der Waals surface area contributed by atoms with Crippen molar-refractivity contribution in [2.45, 2.75) is 33.2 Å². The summed E-state index contributed by atoms with van der Waals surface area (Å²) >= 11 is 0. The summed E-state index contributed by atoms with van der Waals surface area (Å²) in [6.45, 7) is 7.98. The quantitative estimate of drug-likeness (QED) is 0.699. The standard InChI is InChI=1S/C10H21NO2S/c1-4-10(3)11-5-6-14(12,13)8-9(2)7-11/h9-10H,4-8H2,1-3H3/t9-,10+/m1/s1. The van der Waals surface area contributed by atoms with Gasteiger partial charge in [0, 0.05) is 19.1 Å². The first-order valence-corrected chi connectivity index (χ1v) is 7.21. The van der Waals surface area contributed by atoms with Gasteiger partial charge in [0.25, 0.3) is 0 Å². The number of rotatable bonds is 2. The molecule has 1 heterocycles. The van der Waals surface area contributed by atoms with E-state index in [0.717, 1.165) is 13.0 Å². The Hall–Kier alpha value is -0.0900. The van der Waals surface area contributed by atoms with Crippen LogP contribution in [-0.4, -0.2) is 44.0 Å². The summed E-state index contributed by atoms with van der Waals surface area (Å²) in [6, 6.07) is 0.505. The van der Waals surface area contributed by atoms with Gasteiger partial charge in [-0.05, 0) is 19.3 Å². The van der Waals surface area contributed by atoms with Crippen LogP contribution in [0.3, 0.4) is 0 Å². The van der Waals surface area contributed by atoms with Gasteiger partial charge in [-0.3, -0.25) is 4.90 Å². The van der Waals surface area contributed by atoms with Crippen LogP contribution in [0.2, 0.25) is 0 Å².